The van der Waals surface area contributed by atoms with Gasteiger partial charge in [0.05, 0.1) is 30.5 Å². The summed E-state index contributed by atoms with van der Waals surface area (Å²) in [6, 6.07) is 6.32. The molecule has 2 aliphatic rings. The molecule has 6 heteroatoms. The first-order valence-corrected chi connectivity index (χ1v) is 9.83. The average molecular weight is 357 g/mol. The summed E-state index contributed by atoms with van der Waals surface area (Å²) in [5, 5.41) is 3.90. The van der Waals surface area contributed by atoms with Gasteiger partial charge in [-0.15, -0.1) is 0 Å². The van der Waals surface area contributed by atoms with E-state index in [9.17, 15) is 4.79 Å². The molecule has 2 aromatic heterocycles. The molecule has 0 aromatic carbocycles. The molecule has 0 spiro atoms. The van der Waals surface area contributed by atoms with Gasteiger partial charge in [-0.2, -0.15) is 11.3 Å². The Labute approximate surface area is 152 Å². The molecule has 132 valence electrons. The zero-order valence-electron chi connectivity index (χ0n) is 14.3. The number of amides is 1. The Morgan fingerprint density at radius 3 is 2.96 bits per heavy atom. The number of carbonyl (C=O) groups excluding carboxylic acids is 1. The van der Waals surface area contributed by atoms with Crippen molar-refractivity contribution < 1.29 is 9.53 Å². The number of carbonyl (C=O) groups is 1. The summed E-state index contributed by atoms with van der Waals surface area (Å²) in [4.78, 5) is 21.7. The third-order valence-electron chi connectivity index (χ3n) is 5.00. The number of ether oxygens (including phenoxy) is 1. The monoisotopic (exact) mass is 357 g/mol. The molecule has 0 aliphatic carbocycles. The van der Waals surface area contributed by atoms with Crippen molar-refractivity contribution in [2.24, 2.45) is 0 Å². The standard InChI is InChI=1S/C19H23N3O2S/c23-19(16-4-11-25-14-16)22-6-1-2-18(22)15-3-5-20-17(12-15)13-21-7-9-24-10-8-21/h3-5,11-12,14,18H,1-2,6-10,13H2/t18-/m1/s1. The van der Waals surface area contributed by atoms with Crippen molar-refractivity contribution in [3.05, 3.63) is 52.0 Å². The molecule has 0 bridgehead atoms. The Morgan fingerprint density at radius 1 is 1.28 bits per heavy atom. The number of likely N-dealkylation sites (tertiary alicyclic amines) is 1. The molecule has 4 heterocycles. The predicted molar refractivity (Wildman–Crippen MR) is 97.7 cm³/mol. The van der Waals surface area contributed by atoms with E-state index >= 15 is 0 Å². The number of morpholine rings is 1. The van der Waals surface area contributed by atoms with Crippen LogP contribution in [0.3, 0.4) is 0 Å². The number of hydrogen-bond donors (Lipinski definition) is 0. The number of rotatable bonds is 4. The van der Waals surface area contributed by atoms with Crippen LogP contribution in [0.2, 0.25) is 0 Å². The van der Waals surface area contributed by atoms with Crippen LogP contribution in [0.15, 0.2) is 35.2 Å². The van der Waals surface area contributed by atoms with E-state index in [2.05, 4.69) is 22.0 Å². The minimum atomic E-state index is 0.148. The summed E-state index contributed by atoms with van der Waals surface area (Å²) in [5.74, 6) is 0.148. The summed E-state index contributed by atoms with van der Waals surface area (Å²) in [6.07, 6.45) is 3.97. The van der Waals surface area contributed by atoms with Crippen LogP contribution in [0.25, 0.3) is 0 Å². The van der Waals surface area contributed by atoms with Crippen LogP contribution in [0.1, 0.15) is 40.5 Å². The van der Waals surface area contributed by atoms with E-state index in [1.54, 1.807) is 11.3 Å². The molecule has 0 radical (unpaired) electrons. The molecule has 2 aromatic rings. The van der Waals surface area contributed by atoms with Gasteiger partial charge < -0.3 is 9.64 Å². The lowest BCUT2D eigenvalue weighted by Gasteiger charge is -2.27. The van der Waals surface area contributed by atoms with Gasteiger partial charge in [-0.1, -0.05) is 0 Å². The normalized spacial score (nSPS) is 21.6. The summed E-state index contributed by atoms with van der Waals surface area (Å²) in [7, 11) is 0. The number of nitrogens with zero attached hydrogens (tertiary/aromatic N) is 3. The Hall–Kier alpha value is -1.76. The SMILES string of the molecule is O=C(c1ccsc1)N1CCC[C@@H]1c1ccnc(CN2CCOCC2)c1. The fourth-order valence-corrected chi connectivity index (χ4v) is 4.32. The summed E-state index contributed by atoms with van der Waals surface area (Å²) in [6.45, 7) is 5.19. The fourth-order valence-electron chi connectivity index (χ4n) is 3.69. The Balaban J connectivity index is 1.50. The summed E-state index contributed by atoms with van der Waals surface area (Å²) < 4.78 is 5.41. The lowest BCUT2D eigenvalue weighted by molar-refractivity contribution is 0.0336. The molecule has 0 N–H and O–H groups in total. The minimum Gasteiger partial charge on any atom is -0.379 e. The van der Waals surface area contributed by atoms with Crippen molar-refractivity contribution in [3.8, 4) is 0 Å². The van der Waals surface area contributed by atoms with E-state index < -0.39 is 0 Å². The molecule has 0 saturated carbocycles. The first-order valence-electron chi connectivity index (χ1n) is 8.89. The van der Waals surface area contributed by atoms with E-state index in [1.807, 2.05) is 27.9 Å². The van der Waals surface area contributed by atoms with Gasteiger partial charge in [0.2, 0.25) is 0 Å². The highest BCUT2D eigenvalue weighted by atomic mass is 32.1. The van der Waals surface area contributed by atoms with Gasteiger partial charge in [0.1, 0.15) is 0 Å². The molecule has 2 fully saturated rings. The molecule has 25 heavy (non-hydrogen) atoms. The van der Waals surface area contributed by atoms with Crippen LogP contribution in [-0.2, 0) is 11.3 Å². The maximum absolute atomic E-state index is 12.8. The van der Waals surface area contributed by atoms with Crippen molar-refractivity contribution in [2.75, 3.05) is 32.8 Å². The first kappa shape index (κ1) is 16.7. The lowest BCUT2D eigenvalue weighted by Crippen LogP contribution is -2.36. The Morgan fingerprint density at radius 2 is 2.16 bits per heavy atom. The van der Waals surface area contributed by atoms with Crippen LogP contribution in [0.5, 0.6) is 0 Å². The molecule has 5 nitrogen and oxygen atoms in total. The van der Waals surface area contributed by atoms with Gasteiger partial charge in [0.25, 0.3) is 5.91 Å². The second-order valence-electron chi connectivity index (χ2n) is 6.64. The van der Waals surface area contributed by atoms with Crippen LogP contribution in [0, 0.1) is 0 Å². The number of hydrogen-bond acceptors (Lipinski definition) is 5. The van der Waals surface area contributed by atoms with Gasteiger partial charge >= 0.3 is 0 Å². The van der Waals surface area contributed by atoms with Crippen LogP contribution < -0.4 is 0 Å². The second-order valence-corrected chi connectivity index (χ2v) is 7.42. The van der Waals surface area contributed by atoms with Crippen molar-refractivity contribution in [1.29, 1.82) is 0 Å². The van der Waals surface area contributed by atoms with Crippen molar-refractivity contribution in [3.63, 3.8) is 0 Å². The maximum atomic E-state index is 12.8. The average Bonchev–Trinajstić information content (AvgIpc) is 3.34. The fraction of sp³-hybridized carbons (Fsp3) is 0.474. The molecule has 4 rings (SSSR count). The van der Waals surface area contributed by atoms with E-state index in [-0.39, 0.29) is 11.9 Å². The largest absolute Gasteiger partial charge is 0.379 e. The van der Waals surface area contributed by atoms with Crippen LogP contribution in [-0.4, -0.2) is 53.5 Å². The quantitative estimate of drug-likeness (QED) is 0.844. The molecule has 2 saturated heterocycles. The second kappa shape index (κ2) is 7.64. The van der Waals surface area contributed by atoms with Gasteiger partial charge in [-0.25, -0.2) is 0 Å². The molecular weight excluding hydrogens is 334 g/mol. The highest BCUT2D eigenvalue weighted by Crippen LogP contribution is 2.33. The maximum Gasteiger partial charge on any atom is 0.255 e. The molecule has 1 atom stereocenters. The number of pyridine rings is 1. The summed E-state index contributed by atoms with van der Waals surface area (Å²) >= 11 is 1.57. The summed E-state index contributed by atoms with van der Waals surface area (Å²) in [5.41, 5.74) is 3.09. The molecule has 2 aliphatic heterocycles. The van der Waals surface area contributed by atoms with Gasteiger partial charge in [-0.05, 0) is 42.0 Å². The molecule has 0 unspecified atom stereocenters. The first-order chi connectivity index (χ1) is 12.3. The smallest absolute Gasteiger partial charge is 0.255 e. The van der Waals surface area contributed by atoms with E-state index in [0.717, 1.165) is 63.5 Å². The zero-order chi connectivity index (χ0) is 17.1. The van der Waals surface area contributed by atoms with Crippen LogP contribution in [0.4, 0.5) is 0 Å². The molecular formula is C19H23N3O2S. The Kier molecular flexibility index (Phi) is 5.10. The number of thiophene rings is 1. The highest BCUT2D eigenvalue weighted by molar-refractivity contribution is 7.08. The van der Waals surface area contributed by atoms with Gasteiger partial charge in [0.15, 0.2) is 0 Å². The van der Waals surface area contributed by atoms with E-state index in [1.165, 1.54) is 5.56 Å². The van der Waals surface area contributed by atoms with Crippen molar-refractivity contribution >= 4 is 17.2 Å². The Bertz CT molecular complexity index is 713. The lowest BCUT2D eigenvalue weighted by atomic mass is 10.0. The van der Waals surface area contributed by atoms with E-state index in [0.29, 0.717) is 0 Å². The van der Waals surface area contributed by atoms with Crippen LogP contribution >= 0.6 is 11.3 Å². The third kappa shape index (κ3) is 3.76. The number of aromatic nitrogens is 1. The third-order valence-corrected chi connectivity index (χ3v) is 5.68. The van der Waals surface area contributed by atoms with E-state index in [4.69, 9.17) is 4.74 Å². The van der Waals surface area contributed by atoms with Gasteiger partial charge in [-0.3, -0.25) is 14.7 Å². The predicted octanol–water partition coefficient (Wildman–Crippen LogP) is 2.95. The topological polar surface area (TPSA) is 45.7 Å². The minimum absolute atomic E-state index is 0.148. The van der Waals surface area contributed by atoms with Crippen molar-refractivity contribution in [1.82, 2.24) is 14.8 Å². The highest BCUT2D eigenvalue weighted by Gasteiger charge is 2.31. The van der Waals surface area contributed by atoms with Gasteiger partial charge in [0, 0.05) is 37.8 Å². The van der Waals surface area contributed by atoms with Crippen molar-refractivity contribution in [2.45, 2.75) is 25.4 Å². The molecule has 1 amide bonds. The zero-order valence-corrected chi connectivity index (χ0v) is 15.1.